The number of benzene rings is 1. The van der Waals surface area contributed by atoms with Gasteiger partial charge in [0.15, 0.2) is 18.2 Å². The molecule has 0 radical (unpaired) electrons. The minimum absolute atomic E-state index is 0. The van der Waals surface area contributed by atoms with Crippen LogP contribution in [0.15, 0.2) is 28.9 Å². The van der Waals surface area contributed by atoms with Crippen molar-refractivity contribution in [2.75, 3.05) is 13.7 Å². The highest BCUT2D eigenvalue weighted by atomic mass is 35.5. The van der Waals surface area contributed by atoms with E-state index in [1.807, 2.05) is 0 Å². The molecule has 1 aromatic carbocycles. The van der Waals surface area contributed by atoms with Gasteiger partial charge in [-0.1, -0.05) is 12.1 Å². The van der Waals surface area contributed by atoms with Crippen LogP contribution in [0.5, 0.6) is 5.75 Å². The molecule has 2 aromatic rings. The molecule has 0 aliphatic carbocycles. The molecule has 0 unspecified atom stereocenters. The van der Waals surface area contributed by atoms with Gasteiger partial charge in [0, 0.05) is 31.6 Å². The van der Waals surface area contributed by atoms with Crippen LogP contribution in [0.4, 0.5) is 0 Å². The number of nitrogen functional groups attached to an aromatic ring is 1. The highest BCUT2D eigenvalue weighted by Crippen LogP contribution is 2.21. The summed E-state index contributed by atoms with van der Waals surface area (Å²) in [6.07, 6.45) is 1.27. The number of carbonyl (C=O) groups excluding carboxylic acids is 2. The Kier molecular flexibility index (Phi) is 7.60. The highest BCUT2D eigenvalue weighted by molar-refractivity contribution is 5.95. The lowest BCUT2D eigenvalue weighted by Crippen LogP contribution is -2.26. The second-order valence-corrected chi connectivity index (χ2v) is 5.13. The third-order valence-corrected chi connectivity index (χ3v) is 3.31. The smallest absolute Gasteiger partial charge is 0.273 e. The first-order valence-electron chi connectivity index (χ1n) is 7.41. The van der Waals surface area contributed by atoms with Gasteiger partial charge in [0.1, 0.15) is 17.8 Å². The average molecular weight is 382 g/mol. The van der Waals surface area contributed by atoms with Crippen LogP contribution in [-0.4, -0.2) is 36.3 Å². The van der Waals surface area contributed by atoms with Crippen molar-refractivity contribution < 1.29 is 18.7 Å². The van der Waals surface area contributed by atoms with Crippen molar-refractivity contribution >= 4 is 30.1 Å². The number of nitrogens with zero attached hydrogens (tertiary/aromatic N) is 1. The molecule has 10 heteroatoms. The summed E-state index contributed by atoms with van der Waals surface area (Å²) < 4.78 is 10.5. The Labute approximate surface area is 156 Å². The first kappa shape index (κ1) is 21.0. The number of ether oxygens (including phenoxy) is 1. The molecule has 0 bridgehead atoms. The predicted octanol–water partition coefficient (Wildman–Crippen LogP) is 0.744. The molecule has 0 atom stereocenters. The van der Waals surface area contributed by atoms with Crippen molar-refractivity contribution in [1.29, 1.82) is 5.41 Å². The van der Waals surface area contributed by atoms with E-state index < -0.39 is 5.91 Å². The second-order valence-electron chi connectivity index (χ2n) is 5.13. The Morgan fingerprint density at radius 2 is 2.12 bits per heavy atom. The standard InChI is InChI=1S/C16H19N5O4.ClH/c1-9-21-12(7-24-9)16(23)20-6-11-4-3-10(15(17)18)5-13(11)25-8-14(22)19-2;/h3-5,7H,6,8H2,1-2H3,(H3,17,18)(H,19,22)(H,20,23);1H. The maximum Gasteiger partial charge on any atom is 0.273 e. The van der Waals surface area contributed by atoms with Gasteiger partial charge in [-0.05, 0) is 6.07 Å². The summed E-state index contributed by atoms with van der Waals surface area (Å²) in [5.74, 6) is -0.0806. The monoisotopic (exact) mass is 381 g/mol. The minimum Gasteiger partial charge on any atom is -0.483 e. The number of likely N-dealkylation sites (N-methyl/N-ethyl adjacent to an activating group) is 1. The van der Waals surface area contributed by atoms with E-state index in [0.717, 1.165) is 0 Å². The van der Waals surface area contributed by atoms with Gasteiger partial charge in [0.05, 0.1) is 0 Å². The lowest BCUT2D eigenvalue weighted by Gasteiger charge is -2.13. The van der Waals surface area contributed by atoms with Crippen LogP contribution in [0.1, 0.15) is 27.5 Å². The largest absolute Gasteiger partial charge is 0.483 e. The number of aromatic nitrogens is 1. The molecule has 0 aliphatic heterocycles. The van der Waals surface area contributed by atoms with Crippen LogP contribution in [0.25, 0.3) is 0 Å². The Morgan fingerprint density at radius 1 is 1.38 bits per heavy atom. The molecule has 9 nitrogen and oxygen atoms in total. The van der Waals surface area contributed by atoms with Gasteiger partial charge in [0.2, 0.25) is 0 Å². The van der Waals surface area contributed by atoms with Crippen LogP contribution in [0, 0.1) is 12.3 Å². The molecule has 26 heavy (non-hydrogen) atoms. The van der Waals surface area contributed by atoms with E-state index in [9.17, 15) is 9.59 Å². The van der Waals surface area contributed by atoms with Crippen LogP contribution >= 0.6 is 12.4 Å². The second kappa shape index (κ2) is 9.42. The van der Waals surface area contributed by atoms with Crippen molar-refractivity contribution in [1.82, 2.24) is 15.6 Å². The summed E-state index contributed by atoms with van der Waals surface area (Å²) in [4.78, 5) is 27.4. The van der Waals surface area contributed by atoms with Gasteiger partial charge in [-0.3, -0.25) is 15.0 Å². The van der Waals surface area contributed by atoms with E-state index in [1.165, 1.54) is 13.3 Å². The number of nitrogens with one attached hydrogen (secondary N) is 3. The highest BCUT2D eigenvalue weighted by Gasteiger charge is 2.13. The number of amides is 2. The Balaban J connectivity index is 0.00000338. The SMILES string of the molecule is CNC(=O)COc1cc(C(=N)N)ccc1CNC(=O)c1coc(C)n1.Cl. The van der Waals surface area contributed by atoms with Gasteiger partial charge >= 0.3 is 0 Å². The minimum atomic E-state index is -0.398. The number of halogens is 1. The molecule has 2 rings (SSSR count). The third-order valence-electron chi connectivity index (χ3n) is 3.31. The number of oxazole rings is 1. The zero-order valence-electron chi connectivity index (χ0n) is 14.3. The predicted molar refractivity (Wildman–Crippen MR) is 96.7 cm³/mol. The summed E-state index contributed by atoms with van der Waals surface area (Å²) in [6, 6.07) is 4.86. The Bertz CT molecular complexity index is 806. The van der Waals surface area contributed by atoms with Crippen molar-refractivity contribution in [2.24, 2.45) is 5.73 Å². The average Bonchev–Trinajstić information content (AvgIpc) is 3.04. The fourth-order valence-electron chi connectivity index (χ4n) is 1.95. The van der Waals surface area contributed by atoms with Crippen LogP contribution in [0.2, 0.25) is 0 Å². The summed E-state index contributed by atoms with van der Waals surface area (Å²) in [7, 11) is 1.50. The summed E-state index contributed by atoms with van der Waals surface area (Å²) in [6.45, 7) is 1.59. The first-order valence-corrected chi connectivity index (χ1v) is 7.41. The Hall–Kier alpha value is -3.07. The van der Waals surface area contributed by atoms with E-state index >= 15 is 0 Å². The summed E-state index contributed by atoms with van der Waals surface area (Å²) in [5.41, 5.74) is 6.73. The van der Waals surface area contributed by atoms with Gasteiger partial charge in [-0.25, -0.2) is 4.98 Å². The van der Waals surface area contributed by atoms with Crippen molar-refractivity contribution in [3.63, 3.8) is 0 Å². The van der Waals surface area contributed by atoms with E-state index in [4.69, 9.17) is 20.3 Å². The number of hydrogen-bond acceptors (Lipinski definition) is 6. The molecule has 5 N–H and O–H groups in total. The van der Waals surface area contributed by atoms with Crippen LogP contribution < -0.4 is 21.1 Å². The lowest BCUT2D eigenvalue weighted by atomic mass is 10.1. The number of rotatable bonds is 7. The molecule has 0 saturated heterocycles. The van der Waals surface area contributed by atoms with Gasteiger partial charge < -0.3 is 25.5 Å². The van der Waals surface area contributed by atoms with E-state index in [1.54, 1.807) is 25.1 Å². The maximum absolute atomic E-state index is 12.0. The van der Waals surface area contributed by atoms with E-state index in [0.29, 0.717) is 22.8 Å². The molecule has 140 valence electrons. The van der Waals surface area contributed by atoms with Crippen molar-refractivity contribution in [3.05, 3.63) is 47.2 Å². The van der Waals surface area contributed by atoms with Gasteiger partial charge in [-0.15, -0.1) is 12.4 Å². The summed E-state index contributed by atoms with van der Waals surface area (Å²) in [5, 5.41) is 12.6. The molecule has 1 aromatic heterocycles. The molecule has 1 heterocycles. The third kappa shape index (κ3) is 5.49. The molecule has 0 fully saturated rings. The maximum atomic E-state index is 12.0. The fraction of sp³-hybridized carbons (Fsp3) is 0.250. The molecular formula is C16H20ClN5O4. The molecule has 0 saturated carbocycles. The number of nitrogens with two attached hydrogens (primary N) is 1. The Morgan fingerprint density at radius 3 is 2.69 bits per heavy atom. The topological polar surface area (TPSA) is 143 Å². The molecule has 0 aliphatic rings. The molecule has 2 amide bonds. The quantitative estimate of drug-likeness (QED) is 0.411. The number of aryl methyl sites for hydroxylation is 1. The number of hydrogen-bond donors (Lipinski definition) is 4. The van der Waals surface area contributed by atoms with Gasteiger partial charge in [-0.2, -0.15) is 0 Å². The number of carbonyl (C=O) groups is 2. The zero-order valence-corrected chi connectivity index (χ0v) is 15.1. The summed E-state index contributed by atoms with van der Waals surface area (Å²) >= 11 is 0. The van der Waals surface area contributed by atoms with Crippen LogP contribution in [-0.2, 0) is 11.3 Å². The first-order chi connectivity index (χ1) is 11.9. The molecule has 0 spiro atoms. The normalized spacial score (nSPS) is 9.77. The zero-order chi connectivity index (χ0) is 18.4. The molecular weight excluding hydrogens is 362 g/mol. The van der Waals surface area contributed by atoms with E-state index in [2.05, 4.69) is 15.6 Å². The van der Waals surface area contributed by atoms with Crippen molar-refractivity contribution in [2.45, 2.75) is 13.5 Å². The van der Waals surface area contributed by atoms with Crippen molar-refractivity contribution in [3.8, 4) is 5.75 Å². The lowest BCUT2D eigenvalue weighted by molar-refractivity contribution is -0.122. The number of amidine groups is 1. The fourth-order valence-corrected chi connectivity index (χ4v) is 1.95. The van der Waals surface area contributed by atoms with E-state index in [-0.39, 0.29) is 43.0 Å². The van der Waals surface area contributed by atoms with Gasteiger partial charge in [0.25, 0.3) is 11.8 Å². The van der Waals surface area contributed by atoms with Crippen LogP contribution in [0.3, 0.4) is 0 Å².